The van der Waals surface area contributed by atoms with Crippen LogP contribution < -0.4 is 16.0 Å². The molecule has 0 radical (unpaired) electrons. The molecule has 1 aliphatic heterocycles. The number of piperidine rings is 1. The number of pyridine rings is 1. The zero-order chi connectivity index (χ0) is 23.7. The molecule has 1 aliphatic rings. The minimum atomic E-state index is -1.22. The molecule has 1 saturated heterocycles. The number of nitrogens with two attached hydrogens (primary N) is 1. The van der Waals surface area contributed by atoms with Crippen molar-refractivity contribution in [1.29, 1.82) is 5.26 Å². The van der Waals surface area contributed by atoms with Gasteiger partial charge in [0.25, 0.3) is 5.91 Å². The second-order valence-corrected chi connectivity index (χ2v) is 8.24. The van der Waals surface area contributed by atoms with Gasteiger partial charge in [0, 0.05) is 24.5 Å². The number of aromatic nitrogens is 3. The normalized spacial score (nSPS) is 17.9. The Hall–Kier alpha value is -4.45. The first-order valence-electron chi connectivity index (χ1n) is 10.9. The van der Waals surface area contributed by atoms with Crippen molar-refractivity contribution < 1.29 is 9.18 Å². The SMILES string of the molecule is N#Cc1ccc(N2CC[C@@H](Nc3c(C(N)=O)cnn4cc(-c5ccccc5)cc34)[C@@H](F)C2)nc1. The topological polar surface area (TPSA) is 112 Å². The van der Waals surface area contributed by atoms with Crippen LogP contribution in [0.4, 0.5) is 15.9 Å². The number of rotatable bonds is 5. The van der Waals surface area contributed by atoms with Crippen LogP contribution >= 0.6 is 0 Å². The van der Waals surface area contributed by atoms with E-state index >= 15 is 4.39 Å². The van der Waals surface area contributed by atoms with E-state index in [0.29, 0.717) is 35.6 Å². The van der Waals surface area contributed by atoms with E-state index in [9.17, 15) is 4.79 Å². The van der Waals surface area contributed by atoms with Crippen LogP contribution in [0.2, 0.25) is 0 Å². The predicted octanol–water partition coefficient (Wildman–Crippen LogP) is 3.40. The first-order chi connectivity index (χ1) is 16.5. The van der Waals surface area contributed by atoms with E-state index in [4.69, 9.17) is 11.0 Å². The van der Waals surface area contributed by atoms with Crippen LogP contribution in [0.15, 0.2) is 67.1 Å². The van der Waals surface area contributed by atoms with E-state index in [1.165, 1.54) is 12.4 Å². The molecule has 2 atom stereocenters. The summed E-state index contributed by atoms with van der Waals surface area (Å²) in [6, 6.07) is 16.6. The fourth-order valence-corrected chi connectivity index (χ4v) is 4.28. The molecule has 34 heavy (non-hydrogen) atoms. The maximum Gasteiger partial charge on any atom is 0.252 e. The summed E-state index contributed by atoms with van der Waals surface area (Å²) in [6.45, 7) is 0.709. The number of fused-ring (bicyclic) bond motifs is 1. The van der Waals surface area contributed by atoms with Crippen molar-refractivity contribution in [2.75, 3.05) is 23.3 Å². The molecule has 0 bridgehead atoms. The van der Waals surface area contributed by atoms with Gasteiger partial charge < -0.3 is 16.0 Å². The number of amides is 1. The Morgan fingerprint density at radius 1 is 1.18 bits per heavy atom. The van der Waals surface area contributed by atoms with Crippen LogP contribution in [0, 0.1) is 11.3 Å². The number of carbonyl (C=O) groups is 1. The molecule has 0 spiro atoms. The van der Waals surface area contributed by atoms with Gasteiger partial charge in [-0.2, -0.15) is 10.4 Å². The van der Waals surface area contributed by atoms with Crippen molar-refractivity contribution in [2.45, 2.75) is 18.6 Å². The summed E-state index contributed by atoms with van der Waals surface area (Å²) in [4.78, 5) is 18.3. The first-order valence-corrected chi connectivity index (χ1v) is 10.9. The van der Waals surface area contributed by atoms with Crippen molar-refractivity contribution in [1.82, 2.24) is 14.6 Å². The molecule has 4 heterocycles. The Morgan fingerprint density at radius 3 is 2.68 bits per heavy atom. The number of alkyl halides is 1. The molecule has 3 aromatic heterocycles. The van der Waals surface area contributed by atoms with Gasteiger partial charge in [0.2, 0.25) is 0 Å². The largest absolute Gasteiger partial charge is 0.377 e. The van der Waals surface area contributed by atoms with Crippen LogP contribution in [0.3, 0.4) is 0 Å². The Labute approximate surface area is 195 Å². The number of halogens is 1. The smallest absolute Gasteiger partial charge is 0.252 e. The van der Waals surface area contributed by atoms with Gasteiger partial charge in [-0.25, -0.2) is 13.9 Å². The number of nitriles is 1. The summed E-state index contributed by atoms with van der Waals surface area (Å²) in [5.74, 6) is -0.00194. The molecule has 8 nitrogen and oxygen atoms in total. The van der Waals surface area contributed by atoms with E-state index in [1.807, 2.05) is 53.6 Å². The van der Waals surface area contributed by atoms with Crippen molar-refractivity contribution in [3.63, 3.8) is 0 Å². The maximum absolute atomic E-state index is 15.3. The number of nitrogens with one attached hydrogen (secondary N) is 1. The summed E-state index contributed by atoms with van der Waals surface area (Å²) in [5, 5.41) is 16.5. The average Bonchev–Trinajstić information content (AvgIpc) is 3.31. The Morgan fingerprint density at radius 2 is 2.00 bits per heavy atom. The van der Waals surface area contributed by atoms with Gasteiger partial charge in [-0.15, -0.1) is 0 Å². The third kappa shape index (κ3) is 4.01. The minimum absolute atomic E-state index is 0.139. The molecule has 4 aromatic rings. The molecular weight excluding hydrogens is 433 g/mol. The summed E-state index contributed by atoms with van der Waals surface area (Å²) in [6.07, 6.45) is 4.03. The lowest BCUT2D eigenvalue weighted by molar-refractivity contribution is 0.100. The van der Waals surface area contributed by atoms with Crippen molar-refractivity contribution in [3.05, 3.63) is 78.2 Å². The van der Waals surface area contributed by atoms with Crippen LogP contribution in [-0.2, 0) is 0 Å². The Balaban J connectivity index is 1.42. The number of anilines is 2. The lowest BCUT2D eigenvalue weighted by Gasteiger charge is -2.36. The number of primary amides is 1. The lowest BCUT2D eigenvalue weighted by atomic mass is 10.0. The second-order valence-electron chi connectivity index (χ2n) is 8.24. The quantitative estimate of drug-likeness (QED) is 0.477. The van der Waals surface area contributed by atoms with E-state index in [2.05, 4.69) is 15.4 Å². The molecule has 0 aliphatic carbocycles. The fraction of sp³-hybridized carbons (Fsp3) is 0.200. The first kappa shape index (κ1) is 21.4. The van der Waals surface area contributed by atoms with Crippen molar-refractivity contribution in [2.24, 2.45) is 5.73 Å². The summed E-state index contributed by atoms with van der Waals surface area (Å²) >= 11 is 0. The molecule has 3 N–H and O–H groups in total. The number of hydrogen-bond donors (Lipinski definition) is 2. The molecule has 9 heteroatoms. The molecule has 5 rings (SSSR count). The highest BCUT2D eigenvalue weighted by Gasteiger charge is 2.31. The number of hydrogen-bond acceptors (Lipinski definition) is 6. The van der Waals surface area contributed by atoms with Gasteiger partial charge in [-0.05, 0) is 30.2 Å². The molecule has 0 saturated carbocycles. The zero-order valence-electron chi connectivity index (χ0n) is 18.2. The summed E-state index contributed by atoms with van der Waals surface area (Å²) < 4.78 is 17.0. The van der Waals surface area contributed by atoms with Crippen LogP contribution in [0.1, 0.15) is 22.3 Å². The average molecular weight is 455 g/mol. The van der Waals surface area contributed by atoms with E-state index in [-0.39, 0.29) is 12.1 Å². The Kier molecular flexibility index (Phi) is 5.55. The van der Waals surface area contributed by atoms with Gasteiger partial charge in [0.05, 0.1) is 41.1 Å². The summed E-state index contributed by atoms with van der Waals surface area (Å²) in [7, 11) is 0. The van der Waals surface area contributed by atoms with Gasteiger partial charge in [-0.3, -0.25) is 4.79 Å². The van der Waals surface area contributed by atoms with Crippen LogP contribution in [0.5, 0.6) is 0 Å². The highest BCUT2D eigenvalue weighted by Crippen LogP contribution is 2.31. The van der Waals surface area contributed by atoms with Gasteiger partial charge in [-0.1, -0.05) is 30.3 Å². The molecular formula is C25H22FN7O. The maximum atomic E-state index is 15.3. The number of benzene rings is 1. The van der Waals surface area contributed by atoms with Gasteiger partial charge in [0.15, 0.2) is 0 Å². The predicted molar refractivity (Wildman–Crippen MR) is 127 cm³/mol. The minimum Gasteiger partial charge on any atom is -0.377 e. The van der Waals surface area contributed by atoms with Gasteiger partial charge in [0.1, 0.15) is 18.1 Å². The van der Waals surface area contributed by atoms with Crippen LogP contribution in [-0.4, -0.2) is 45.8 Å². The highest BCUT2D eigenvalue weighted by molar-refractivity contribution is 6.02. The van der Waals surface area contributed by atoms with Crippen LogP contribution in [0.25, 0.3) is 16.6 Å². The molecule has 1 amide bonds. The lowest BCUT2D eigenvalue weighted by Crippen LogP contribution is -2.48. The molecule has 170 valence electrons. The highest BCUT2D eigenvalue weighted by atomic mass is 19.1. The zero-order valence-corrected chi connectivity index (χ0v) is 18.2. The third-order valence-corrected chi connectivity index (χ3v) is 6.08. The standard InChI is InChI=1S/C25H22FN7O/c26-20-15-32(23-7-6-16(11-27)12-29-23)9-8-21(20)31-24-19(25(28)34)13-30-33-14-18(10-22(24)33)17-4-2-1-3-5-17/h1-7,10,12-14,20-21,31H,8-9,15H2,(H2,28,34)/t20-,21+/m0/s1. The molecule has 1 fully saturated rings. The number of carbonyl (C=O) groups excluding carboxylic acids is 1. The van der Waals surface area contributed by atoms with Crippen molar-refractivity contribution in [3.8, 4) is 17.2 Å². The monoisotopic (exact) mass is 455 g/mol. The van der Waals surface area contributed by atoms with E-state index < -0.39 is 18.1 Å². The van der Waals surface area contributed by atoms with E-state index in [0.717, 1.165) is 11.1 Å². The molecule has 1 aromatic carbocycles. The van der Waals surface area contributed by atoms with E-state index in [1.54, 1.807) is 16.6 Å². The molecule has 0 unspecified atom stereocenters. The Bertz CT molecular complexity index is 1380. The fourth-order valence-electron chi connectivity index (χ4n) is 4.28. The number of nitrogens with zero attached hydrogens (tertiary/aromatic N) is 5. The van der Waals surface area contributed by atoms with Crippen molar-refractivity contribution >= 4 is 22.9 Å². The third-order valence-electron chi connectivity index (χ3n) is 6.08. The second kappa shape index (κ2) is 8.83. The summed E-state index contributed by atoms with van der Waals surface area (Å²) in [5.41, 5.74) is 9.36. The van der Waals surface area contributed by atoms with Gasteiger partial charge >= 0.3 is 0 Å².